The van der Waals surface area contributed by atoms with E-state index in [4.69, 9.17) is 6.42 Å². The molecule has 0 aliphatic heterocycles. The van der Waals surface area contributed by atoms with Crippen LogP contribution in [0.1, 0.15) is 65.2 Å². The molecule has 4 aliphatic rings. The average Bonchev–Trinajstić information content (AvgIpc) is 2.80. The fraction of sp³-hybridized carbons (Fsp3) is 0.810. The fourth-order valence-corrected chi connectivity index (χ4v) is 6.96. The van der Waals surface area contributed by atoms with Crippen molar-refractivity contribution in [1.82, 2.24) is 0 Å². The second-order valence-corrected chi connectivity index (χ2v) is 9.13. The van der Waals surface area contributed by atoms with Gasteiger partial charge in [0.25, 0.3) is 0 Å². The van der Waals surface area contributed by atoms with Gasteiger partial charge in [-0.25, -0.2) is 0 Å². The molecule has 0 spiro atoms. The van der Waals surface area contributed by atoms with E-state index in [1.165, 1.54) is 18.4 Å². The maximum Gasteiger partial charge on any atom is 0.130 e. The van der Waals surface area contributed by atoms with Gasteiger partial charge in [-0.15, -0.1) is 6.42 Å². The summed E-state index contributed by atoms with van der Waals surface area (Å²) in [5.74, 6) is 4.71. The highest BCUT2D eigenvalue weighted by Gasteiger charge is 2.63. The quantitative estimate of drug-likeness (QED) is 0.529. The first-order chi connectivity index (χ1) is 10.8. The molecule has 0 aromatic heterocycles. The Morgan fingerprint density at radius 3 is 2.57 bits per heavy atom. The minimum Gasteiger partial charge on any atom is -0.389 e. The molecular weight excluding hydrogens is 284 g/mol. The smallest absolute Gasteiger partial charge is 0.130 e. The predicted octanol–water partition coefficient (Wildman–Crippen LogP) is 3.67. The van der Waals surface area contributed by atoms with Gasteiger partial charge in [0, 0.05) is 5.41 Å². The monoisotopic (exact) mass is 314 g/mol. The molecule has 0 saturated heterocycles. The van der Waals surface area contributed by atoms with Crippen LogP contribution in [0.4, 0.5) is 0 Å². The number of aliphatic hydroxyl groups excluding tert-OH is 1. The summed E-state index contributed by atoms with van der Waals surface area (Å²) in [5.41, 5.74) is 0.767. The lowest BCUT2D eigenvalue weighted by atomic mass is 9.46. The van der Waals surface area contributed by atoms with Crippen molar-refractivity contribution < 1.29 is 10.2 Å². The highest BCUT2D eigenvalue weighted by Crippen LogP contribution is 2.67. The van der Waals surface area contributed by atoms with Crippen LogP contribution in [0.3, 0.4) is 0 Å². The van der Waals surface area contributed by atoms with Crippen molar-refractivity contribution in [2.24, 2.45) is 28.6 Å². The van der Waals surface area contributed by atoms with Crippen LogP contribution in [0.5, 0.6) is 0 Å². The van der Waals surface area contributed by atoms with Crippen molar-refractivity contribution in [2.45, 2.75) is 76.9 Å². The zero-order valence-corrected chi connectivity index (χ0v) is 14.5. The molecule has 0 aromatic carbocycles. The maximum absolute atomic E-state index is 11.0. The van der Waals surface area contributed by atoms with Crippen molar-refractivity contribution in [1.29, 1.82) is 0 Å². The summed E-state index contributed by atoms with van der Waals surface area (Å²) < 4.78 is 0. The molecule has 126 valence electrons. The molecule has 2 heteroatoms. The molecule has 4 rings (SSSR count). The van der Waals surface area contributed by atoms with E-state index in [-0.39, 0.29) is 16.9 Å². The van der Waals surface area contributed by atoms with Crippen molar-refractivity contribution in [3.8, 4) is 12.3 Å². The van der Waals surface area contributed by atoms with Gasteiger partial charge < -0.3 is 10.2 Å². The lowest BCUT2D eigenvalue weighted by molar-refractivity contribution is -0.101. The zero-order chi connectivity index (χ0) is 16.5. The van der Waals surface area contributed by atoms with E-state index in [0.717, 1.165) is 38.5 Å². The van der Waals surface area contributed by atoms with Crippen LogP contribution < -0.4 is 0 Å². The number of hydrogen-bond donors (Lipinski definition) is 2. The van der Waals surface area contributed by atoms with Gasteiger partial charge in [0.05, 0.1) is 6.10 Å². The highest BCUT2D eigenvalue weighted by atomic mass is 16.3. The lowest BCUT2D eigenvalue weighted by Crippen LogP contribution is -2.54. The molecule has 1 unspecified atom stereocenters. The average molecular weight is 314 g/mol. The normalized spacial score (nSPS) is 55.2. The first kappa shape index (κ1) is 15.7. The van der Waals surface area contributed by atoms with Crippen LogP contribution in [-0.2, 0) is 0 Å². The predicted molar refractivity (Wildman–Crippen MR) is 91.5 cm³/mol. The van der Waals surface area contributed by atoms with Gasteiger partial charge in [0.1, 0.15) is 5.60 Å². The van der Waals surface area contributed by atoms with E-state index in [1.54, 1.807) is 0 Å². The molecule has 0 heterocycles. The molecule has 0 radical (unpaired) electrons. The van der Waals surface area contributed by atoms with E-state index in [2.05, 4.69) is 25.8 Å². The number of hydrogen-bond acceptors (Lipinski definition) is 2. The molecule has 4 aliphatic carbocycles. The maximum atomic E-state index is 11.0. The minimum atomic E-state index is -0.900. The second kappa shape index (κ2) is 4.87. The van der Waals surface area contributed by atoms with Crippen LogP contribution in [-0.4, -0.2) is 21.9 Å². The lowest BCUT2D eigenvalue weighted by Gasteiger charge is -2.59. The van der Waals surface area contributed by atoms with Gasteiger partial charge in [-0.1, -0.05) is 31.4 Å². The molecule has 7 atom stereocenters. The molecule has 3 fully saturated rings. The Morgan fingerprint density at radius 2 is 1.83 bits per heavy atom. The van der Waals surface area contributed by atoms with E-state index in [9.17, 15) is 10.2 Å². The summed E-state index contributed by atoms with van der Waals surface area (Å²) in [7, 11) is 0. The highest BCUT2D eigenvalue weighted by molar-refractivity contribution is 5.28. The van der Waals surface area contributed by atoms with Gasteiger partial charge in [-0.3, -0.25) is 0 Å². The van der Waals surface area contributed by atoms with E-state index in [0.29, 0.717) is 17.8 Å². The van der Waals surface area contributed by atoms with Gasteiger partial charge >= 0.3 is 0 Å². The van der Waals surface area contributed by atoms with Crippen LogP contribution >= 0.6 is 0 Å². The Bertz CT molecular complexity index is 587. The fourth-order valence-electron chi connectivity index (χ4n) is 6.96. The topological polar surface area (TPSA) is 40.5 Å². The van der Waals surface area contributed by atoms with E-state index in [1.807, 2.05) is 0 Å². The minimum absolute atomic E-state index is 0.103. The van der Waals surface area contributed by atoms with Crippen LogP contribution in [0.15, 0.2) is 11.6 Å². The third-order valence-corrected chi connectivity index (χ3v) is 8.48. The Labute approximate surface area is 140 Å². The van der Waals surface area contributed by atoms with E-state index < -0.39 is 5.60 Å². The number of terminal acetylenes is 1. The summed E-state index contributed by atoms with van der Waals surface area (Å²) in [4.78, 5) is 0. The first-order valence-electron chi connectivity index (χ1n) is 9.43. The summed E-state index contributed by atoms with van der Waals surface area (Å²) >= 11 is 0. The van der Waals surface area contributed by atoms with Gasteiger partial charge in [0.2, 0.25) is 0 Å². The molecule has 2 N–H and O–H groups in total. The molecule has 2 nitrogen and oxygen atoms in total. The van der Waals surface area contributed by atoms with Crippen molar-refractivity contribution >= 4 is 0 Å². The van der Waals surface area contributed by atoms with Gasteiger partial charge in [-0.2, -0.15) is 0 Å². The number of allylic oxidation sites excluding steroid dienone is 1. The van der Waals surface area contributed by atoms with Gasteiger partial charge in [-0.05, 0) is 74.5 Å². The van der Waals surface area contributed by atoms with Crippen LogP contribution in [0.25, 0.3) is 0 Å². The SMILES string of the molecule is C#C[C@@]1(O)CC[C@H]2[C@@H]3CCC4=CC(O)CC[C@]4(C)[C@H]3CC[C@@]21C. The van der Waals surface area contributed by atoms with Gasteiger partial charge in [0.15, 0.2) is 0 Å². The van der Waals surface area contributed by atoms with Crippen LogP contribution in [0, 0.1) is 40.9 Å². The first-order valence-corrected chi connectivity index (χ1v) is 9.43. The molecule has 0 aromatic rings. The largest absolute Gasteiger partial charge is 0.389 e. The summed E-state index contributed by atoms with van der Waals surface area (Å²) in [6.45, 7) is 4.69. The van der Waals surface area contributed by atoms with Crippen molar-refractivity contribution in [2.75, 3.05) is 0 Å². The van der Waals surface area contributed by atoms with E-state index >= 15 is 0 Å². The molecule has 0 amide bonds. The Balaban J connectivity index is 1.69. The number of fused-ring (bicyclic) bond motifs is 5. The molecule has 23 heavy (non-hydrogen) atoms. The Morgan fingerprint density at radius 1 is 1.09 bits per heavy atom. The standard InChI is InChI=1S/C21H30O2/c1-4-21(23)12-9-18-16-6-5-14-13-15(22)7-10-19(14,2)17(16)8-11-20(18,21)3/h1,13,15-18,22-23H,5-12H2,2-3H3/t15?,16-,17+,18+,19+,20+,21-/m1/s1. The number of rotatable bonds is 0. The van der Waals surface area contributed by atoms with Crippen LogP contribution in [0.2, 0.25) is 0 Å². The summed E-state index contributed by atoms with van der Waals surface area (Å²) in [5, 5.41) is 21.0. The van der Waals surface area contributed by atoms with Crippen molar-refractivity contribution in [3.05, 3.63) is 11.6 Å². The third-order valence-electron chi connectivity index (χ3n) is 8.48. The Hall–Kier alpha value is -0.780. The number of aliphatic hydroxyl groups is 2. The molecular formula is C21H30O2. The summed E-state index contributed by atoms with van der Waals surface area (Å²) in [6.07, 6.45) is 16.1. The molecule has 3 saturated carbocycles. The van der Waals surface area contributed by atoms with Crippen molar-refractivity contribution in [3.63, 3.8) is 0 Å². The third kappa shape index (κ3) is 1.90. The zero-order valence-electron chi connectivity index (χ0n) is 14.5. The summed E-state index contributed by atoms with van der Waals surface area (Å²) in [6, 6.07) is 0. The second-order valence-electron chi connectivity index (χ2n) is 9.13. The molecule has 0 bridgehead atoms. The Kier molecular flexibility index (Phi) is 3.33.